The van der Waals surface area contributed by atoms with Gasteiger partial charge in [-0.3, -0.25) is 0 Å². The largest absolute Gasteiger partial charge is 0.508 e. The number of rotatable bonds is 1. The van der Waals surface area contributed by atoms with Gasteiger partial charge in [-0.15, -0.1) is 0 Å². The summed E-state index contributed by atoms with van der Waals surface area (Å²) in [6.07, 6.45) is 0. The van der Waals surface area contributed by atoms with Crippen molar-refractivity contribution in [3.05, 3.63) is 105 Å². The van der Waals surface area contributed by atoms with Crippen LogP contribution >= 0.6 is 22.6 Å². The summed E-state index contributed by atoms with van der Waals surface area (Å²) in [6.45, 7) is 0. The zero-order valence-electron chi connectivity index (χ0n) is 16.3. The molecule has 3 nitrogen and oxygen atoms in total. The molecule has 0 unspecified atom stereocenters. The van der Waals surface area contributed by atoms with Crippen molar-refractivity contribution in [2.75, 3.05) is 0 Å². The van der Waals surface area contributed by atoms with E-state index in [1.54, 1.807) is 24.3 Å². The fraction of sp³-hybridized carbons (Fsp3) is 0.0370. The number of ether oxygens (including phenoxy) is 1. The lowest BCUT2D eigenvalue weighted by molar-refractivity contribution is 0.455. The predicted octanol–water partition coefficient (Wildman–Crippen LogP) is 7.29. The Morgan fingerprint density at radius 1 is 0.613 bits per heavy atom. The minimum absolute atomic E-state index is 0.0442. The van der Waals surface area contributed by atoms with Crippen LogP contribution in [0.1, 0.15) is 22.6 Å². The van der Waals surface area contributed by atoms with Crippen molar-refractivity contribution >= 4 is 44.1 Å². The smallest absolute Gasteiger partial charge is 0.132 e. The first-order valence-electron chi connectivity index (χ1n) is 10.0. The molecule has 0 aliphatic carbocycles. The number of hydrogen-bond acceptors (Lipinski definition) is 3. The summed E-state index contributed by atoms with van der Waals surface area (Å²) in [7, 11) is 0. The van der Waals surface area contributed by atoms with Crippen molar-refractivity contribution in [1.82, 2.24) is 0 Å². The number of phenolic OH excluding ortho intramolecular Hbond substituents is 2. The first kappa shape index (κ1) is 18.5. The van der Waals surface area contributed by atoms with Gasteiger partial charge in [-0.25, -0.2) is 0 Å². The van der Waals surface area contributed by atoms with Crippen LogP contribution in [-0.2, 0) is 0 Å². The van der Waals surface area contributed by atoms with Gasteiger partial charge in [0.2, 0.25) is 0 Å². The van der Waals surface area contributed by atoms with Gasteiger partial charge < -0.3 is 14.9 Å². The van der Waals surface area contributed by atoms with Crippen LogP contribution in [-0.4, -0.2) is 10.2 Å². The highest BCUT2D eigenvalue weighted by Crippen LogP contribution is 2.52. The van der Waals surface area contributed by atoms with Crippen LogP contribution in [0.2, 0.25) is 0 Å². The Bertz CT molecular complexity index is 1400. The van der Waals surface area contributed by atoms with Crippen molar-refractivity contribution in [2.24, 2.45) is 0 Å². The molecule has 5 aromatic rings. The van der Waals surface area contributed by atoms with Gasteiger partial charge in [0.05, 0.1) is 0 Å². The third kappa shape index (κ3) is 2.93. The molecule has 0 saturated heterocycles. The van der Waals surface area contributed by atoms with Gasteiger partial charge >= 0.3 is 0 Å². The molecule has 0 atom stereocenters. The van der Waals surface area contributed by atoms with E-state index in [-0.39, 0.29) is 17.4 Å². The quantitative estimate of drug-likeness (QED) is 0.226. The Kier molecular flexibility index (Phi) is 4.11. The third-order valence-corrected chi connectivity index (χ3v) is 6.73. The lowest BCUT2D eigenvalue weighted by Gasteiger charge is -2.31. The maximum atomic E-state index is 10.0. The van der Waals surface area contributed by atoms with Gasteiger partial charge in [0.25, 0.3) is 0 Å². The van der Waals surface area contributed by atoms with Crippen LogP contribution in [0, 0.1) is 3.57 Å². The molecule has 6 rings (SSSR count). The monoisotopic (exact) mass is 516 g/mol. The van der Waals surface area contributed by atoms with Crippen molar-refractivity contribution in [2.45, 2.75) is 5.92 Å². The zero-order valence-corrected chi connectivity index (χ0v) is 18.5. The van der Waals surface area contributed by atoms with Gasteiger partial charge in [-0.2, -0.15) is 0 Å². The summed E-state index contributed by atoms with van der Waals surface area (Å²) in [5.41, 5.74) is 3.35. The minimum atomic E-state index is -0.0442. The van der Waals surface area contributed by atoms with Gasteiger partial charge in [0, 0.05) is 20.6 Å². The number of fused-ring (bicyclic) bond motifs is 6. The Hall–Kier alpha value is -3.25. The maximum absolute atomic E-state index is 10.0. The van der Waals surface area contributed by atoms with Crippen molar-refractivity contribution in [1.29, 1.82) is 0 Å². The molecular weight excluding hydrogens is 499 g/mol. The number of aromatic hydroxyl groups is 2. The summed E-state index contributed by atoms with van der Waals surface area (Å²) >= 11 is 2.32. The molecule has 0 spiro atoms. The van der Waals surface area contributed by atoms with Crippen LogP contribution in [0.3, 0.4) is 0 Å². The summed E-state index contributed by atoms with van der Waals surface area (Å²) in [5.74, 6) is 2.10. The number of hydrogen-bond donors (Lipinski definition) is 2. The third-order valence-electron chi connectivity index (χ3n) is 6.01. The SMILES string of the molecule is Oc1ccc2c3c(ccc2c1)Oc1ccc2cc(O)ccc2c1C3c1ccc(I)cc1. The number of halogens is 1. The Morgan fingerprint density at radius 2 is 1.13 bits per heavy atom. The molecule has 1 aliphatic heterocycles. The molecule has 0 radical (unpaired) electrons. The second-order valence-electron chi connectivity index (χ2n) is 7.85. The second kappa shape index (κ2) is 6.89. The highest BCUT2D eigenvalue weighted by atomic mass is 127. The molecule has 2 N–H and O–H groups in total. The first-order chi connectivity index (χ1) is 15.1. The normalized spacial score (nSPS) is 13.1. The molecule has 0 fully saturated rings. The fourth-order valence-corrected chi connectivity index (χ4v) is 5.03. The molecule has 0 saturated carbocycles. The van der Waals surface area contributed by atoms with Gasteiger partial charge in [-0.05, 0) is 98.2 Å². The van der Waals surface area contributed by atoms with E-state index in [1.165, 1.54) is 9.13 Å². The second-order valence-corrected chi connectivity index (χ2v) is 9.10. The molecule has 0 amide bonds. The molecule has 0 bridgehead atoms. The van der Waals surface area contributed by atoms with Crippen LogP contribution in [0.15, 0.2) is 84.9 Å². The topological polar surface area (TPSA) is 49.7 Å². The Morgan fingerprint density at radius 3 is 1.65 bits per heavy atom. The van der Waals surface area contributed by atoms with E-state index < -0.39 is 0 Å². The fourth-order valence-electron chi connectivity index (χ4n) is 4.67. The van der Waals surface area contributed by atoms with E-state index in [1.807, 2.05) is 36.4 Å². The predicted molar refractivity (Wildman–Crippen MR) is 131 cm³/mol. The van der Waals surface area contributed by atoms with E-state index in [0.29, 0.717) is 0 Å². The van der Waals surface area contributed by atoms with E-state index in [9.17, 15) is 10.2 Å². The lowest BCUT2D eigenvalue weighted by atomic mass is 9.78. The average Bonchev–Trinajstić information content (AvgIpc) is 2.77. The molecular formula is C27H17IO3. The number of phenols is 2. The Balaban J connectivity index is 1.73. The van der Waals surface area contributed by atoms with Crippen LogP contribution in [0.5, 0.6) is 23.0 Å². The van der Waals surface area contributed by atoms with Crippen molar-refractivity contribution in [3.63, 3.8) is 0 Å². The minimum Gasteiger partial charge on any atom is -0.508 e. The molecule has 1 heterocycles. The molecule has 4 heteroatoms. The van der Waals surface area contributed by atoms with E-state index in [2.05, 4.69) is 46.9 Å². The highest BCUT2D eigenvalue weighted by Gasteiger charge is 2.32. The van der Waals surface area contributed by atoms with Gasteiger partial charge in [0.15, 0.2) is 0 Å². The van der Waals surface area contributed by atoms with Crippen LogP contribution < -0.4 is 4.74 Å². The van der Waals surface area contributed by atoms with Crippen LogP contribution in [0.4, 0.5) is 0 Å². The number of benzene rings is 5. The average molecular weight is 516 g/mol. The van der Waals surface area contributed by atoms with E-state index >= 15 is 0 Å². The van der Waals surface area contributed by atoms with E-state index in [0.717, 1.165) is 44.2 Å². The molecule has 1 aliphatic rings. The molecule has 5 aromatic carbocycles. The summed E-state index contributed by atoms with van der Waals surface area (Å²) in [6, 6.07) is 27.5. The van der Waals surface area contributed by atoms with Crippen molar-refractivity contribution < 1.29 is 14.9 Å². The first-order valence-corrected chi connectivity index (χ1v) is 11.1. The standard InChI is InChI=1S/C27H17IO3/c28-18-5-1-15(2-6-18)25-26-21-9-7-19(29)13-16(21)3-11-23(26)31-24-12-4-17-14-20(30)8-10-22(17)27(24)25/h1-14,25,29-30H. The zero-order chi connectivity index (χ0) is 21.1. The Labute approximate surface area is 192 Å². The summed E-state index contributed by atoms with van der Waals surface area (Å²) < 4.78 is 7.58. The maximum Gasteiger partial charge on any atom is 0.132 e. The molecule has 31 heavy (non-hydrogen) atoms. The van der Waals surface area contributed by atoms with Gasteiger partial charge in [-0.1, -0.05) is 36.4 Å². The molecule has 150 valence electrons. The van der Waals surface area contributed by atoms with Crippen LogP contribution in [0.25, 0.3) is 21.5 Å². The molecule has 0 aromatic heterocycles. The van der Waals surface area contributed by atoms with Crippen molar-refractivity contribution in [3.8, 4) is 23.0 Å². The highest BCUT2D eigenvalue weighted by molar-refractivity contribution is 14.1. The van der Waals surface area contributed by atoms with Gasteiger partial charge in [0.1, 0.15) is 23.0 Å². The summed E-state index contributed by atoms with van der Waals surface area (Å²) in [4.78, 5) is 0. The van der Waals surface area contributed by atoms with E-state index in [4.69, 9.17) is 4.74 Å². The lowest BCUT2D eigenvalue weighted by Crippen LogP contribution is -2.13. The summed E-state index contributed by atoms with van der Waals surface area (Å²) in [5, 5.41) is 24.1.